The second-order valence-electron chi connectivity index (χ2n) is 4.96. The van der Waals surface area contributed by atoms with Gasteiger partial charge in [-0.3, -0.25) is 0 Å². The van der Waals surface area contributed by atoms with Crippen molar-refractivity contribution in [1.29, 1.82) is 0 Å². The Balaban J connectivity index is 0.00000242. The molecular formula is C12H17ClF3N3O2S. The zero-order valence-corrected chi connectivity index (χ0v) is 13.1. The van der Waals surface area contributed by atoms with Crippen LogP contribution in [0, 0.1) is 0 Å². The second-order valence-corrected chi connectivity index (χ2v) is 6.49. The van der Waals surface area contributed by atoms with Gasteiger partial charge in [-0.25, -0.2) is 0 Å². The van der Waals surface area contributed by atoms with Gasteiger partial charge in [0.2, 0.25) is 0 Å². The van der Waals surface area contributed by atoms with Crippen LogP contribution in [0.3, 0.4) is 0 Å². The second kappa shape index (κ2) is 7.03. The van der Waals surface area contributed by atoms with Crippen molar-refractivity contribution < 1.29 is 21.6 Å². The summed E-state index contributed by atoms with van der Waals surface area (Å²) in [7, 11) is -4.22. The summed E-state index contributed by atoms with van der Waals surface area (Å²) in [6.45, 7) is -1.59. The van der Waals surface area contributed by atoms with Crippen LogP contribution in [0.2, 0.25) is 0 Å². The minimum Gasteiger partial charge on any atom is -0.399 e. The molecule has 0 saturated carbocycles. The standard InChI is InChI=1S/C12H16F3N3O2S.ClH/c13-12(14,15)7-17-21(19,20)18-11-3-1-2-8-6-9(16)4-5-10(8)11;/h4-6,11,17-18H,1-3,7,16H2;1H. The predicted octanol–water partition coefficient (Wildman–Crippen LogP) is 2.05. The minimum atomic E-state index is -4.59. The smallest absolute Gasteiger partial charge is 0.399 e. The number of anilines is 1. The minimum absolute atomic E-state index is 0. The van der Waals surface area contributed by atoms with E-state index in [1.165, 1.54) is 4.72 Å². The third kappa shape index (κ3) is 5.31. The molecule has 126 valence electrons. The van der Waals surface area contributed by atoms with Gasteiger partial charge in [0.25, 0.3) is 10.2 Å². The Kier molecular flexibility index (Phi) is 6.08. The van der Waals surface area contributed by atoms with Crippen molar-refractivity contribution in [2.45, 2.75) is 31.5 Å². The number of nitrogen functional groups attached to an aromatic ring is 1. The Hall–Kier alpha value is -1.03. The van der Waals surface area contributed by atoms with Gasteiger partial charge in [0.15, 0.2) is 0 Å². The predicted molar refractivity (Wildman–Crippen MR) is 79.9 cm³/mol. The summed E-state index contributed by atoms with van der Waals surface area (Å²) in [6.07, 6.45) is -2.55. The van der Waals surface area contributed by atoms with E-state index in [-0.39, 0.29) is 12.4 Å². The fraction of sp³-hybridized carbons (Fsp3) is 0.500. The molecule has 0 spiro atoms. The van der Waals surface area contributed by atoms with Crippen LogP contribution in [0.25, 0.3) is 0 Å². The van der Waals surface area contributed by atoms with Crippen LogP contribution in [0.1, 0.15) is 30.0 Å². The fourth-order valence-corrected chi connectivity index (χ4v) is 3.42. The lowest BCUT2D eigenvalue weighted by molar-refractivity contribution is -0.121. The molecule has 1 unspecified atom stereocenters. The number of nitrogens with one attached hydrogen (secondary N) is 2. The van der Waals surface area contributed by atoms with Crippen LogP contribution < -0.4 is 15.2 Å². The largest absolute Gasteiger partial charge is 0.402 e. The monoisotopic (exact) mass is 359 g/mol. The summed E-state index contributed by atoms with van der Waals surface area (Å²) < 4.78 is 63.4. The summed E-state index contributed by atoms with van der Waals surface area (Å²) in [5.41, 5.74) is 7.93. The third-order valence-corrected chi connectivity index (χ3v) is 4.36. The molecule has 0 amide bonds. The van der Waals surface area contributed by atoms with Gasteiger partial charge in [0.05, 0.1) is 0 Å². The van der Waals surface area contributed by atoms with Gasteiger partial charge in [-0.2, -0.15) is 31.0 Å². The molecule has 1 aromatic carbocycles. The zero-order chi connectivity index (χ0) is 15.7. The third-order valence-electron chi connectivity index (χ3n) is 3.24. The maximum atomic E-state index is 12.1. The molecule has 0 fully saturated rings. The number of alkyl halides is 3. The van der Waals surface area contributed by atoms with Crippen LogP contribution in [-0.4, -0.2) is 21.1 Å². The molecule has 1 aromatic rings. The molecule has 1 aliphatic rings. The van der Waals surface area contributed by atoms with Gasteiger partial charge in [0, 0.05) is 11.7 Å². The van der Waals surface area contributed by atoms with Crippen LogP contribution in [0.15, 0.2) is 18.2 Å². The first-order valence-corrected chi connectivity index (χ1v) is 7.86. The van der Waals surface area contributed by atoms with Gasteiger partial charge in [-0.15, -0.1) is 12.4 Å². The molecule has 1 aliphatic carbocycles. The number of hydrogen-bond acceptors (Lipinski definition) is 3. The quantitative estimate of drug-likeness (QED) is 0.719. The number of rotatable bonds is 4. The number of aryl methyl sites for hydroxylation is 1. The van der Waals surface area contributed by atoms with E-state index in [1.54, 1.807) is 18.2 Å². The van der Waals surface area contributed by atoms with Crippen molar-refractivity contribution in [1.82, 2.24) is 9.44 Å². The summed E-state index contributed by atoms with van der Waals surface area (Å²) in [5.74, 6) is 0. The average Bonchev–Trinajstić information content (AvgIpc) is 2.35. The summed E-state index contributed by atoms with van der Waals surface area (Å²) in [6, 6.07) is 4.58. The molecular weight excluding hydrogens is 343 g/mol. The Morgan fingerprint density at radius 1 is 1.32 bits per heavy atom. The van der Waals surface area contributed by atoms with E-state index in [0.29, 0.717) is 12.1 Å². The average molecular weight is 360 g/mol. The lowest BCUT2D eigenvalue weighted by atomic mass is 9.88. The van der Waals surface area contributed by atoms with E-state index in [1.807, 2.05) is 0 Å². The maximum Gasteiger partial charge on any atom is 0.402 e. The van der Waals surface area contributed by atoms with Crippen LogP contribution >= 0.6 is 12.4 Å². The maximum absolute atomic E-state index is 12.1. The normalized spacial score (nSPS) is 18.4. The highest BCUT2D eigenvalue weighted by Crippen LogP contribution is 2.31. The molecule has 0 aromatic heterocycles. The van der Waals surface area contributed by atoms with Crippen molar-refractivity contribution in [3.05, 3.63) is 29.3 Å². The zero-order valence-electron chi connectivity index (χ0n) is 11.5. The molecule has 4 N–H and O–H groups in total. The first kappa shape index (κ1) is 19.0. The van der Waals surface area contributed by atoms with E-state index < -0.39 is 29.0 Å². The fourth-order valence-electron chi connectivity index (χ4n) is 2.36. The van der Waals surface area contributed by atoms with E-state index in [9.17, 15) is 21.6 Å². The molecule has 0 radical (unpaired) electrons. The van der Waals surface area contributed by atoms with Crippen molar-refractivity contribution in [2.24, 2.45) is 0 Å². The Morgan fingerprint density at radius 2 is 2.00 bits per heavy atom. The van der Waals surface area contributed by atoms with Crippen molar-refractivity contribution >= 4 is 28.3 Å². The molecule has 5 nitrogen and oxygen atoms in total. The van der Waals surface area contributed by atoms with Gasteiger partial charge < -0.3 is 5.73 Å². The molecule has 0 saturated heterocycles. The Bertz CT molecular complexity index is 623. The topological polar surface area (TPSA) is 84.2 Å². The van der Waals surface area contributed by atoms with Gasteiger partial charge in [-0.1, -0.05) is 6.07 Å². The van der Waals surface area contributed by atoms with Gasteiger partial charge >= 0.3 is 6.18 Å². The number of nitrogens with two attached hydrogens (primary N) is 1. The highest BCUT2D eigenvalue weighted by Gasteiger charge is 2.31. The van der Waals surface area contributed by atoms with Gasteiger partial charge in [0.1, 0.15) is 6.54 Å². The number of hydrogen-bond donors (Lipinski definition) is 3. The first-order chi connectivity index (χ1) is 9.66. The van der Waals surface area contributed by atoms with Crippen molar-refractivity contribution in [3.63, 3.8) is 0 Å². The molecule has 0 bridgehead atoms. The highest BCUT2D eigenvalue weighted by atomic mass is 35.5. The molecule has 0 heterocycles. The molecule has 2 rings (SSSR count). The van der Waals surface area contributed by atoms with E-state index in [0.717, 1.165) is 24.0 Å². The molecule has 1 atom stereocenters. The summed E-state index contributed by atoms with van der Waals surface area (Å²) in [4.78, 5) is 0. The Morgan fingerprint density at radius 3 is 2.64 bits per heavy atom. The number of halogens is 4. The summed E-state index contributed by atoms with van der Waals surface area (Å²) in [5, 5.41) is 0. The number of fused-ring (bicyclic) bond motifs is 1. The van der Waals surface area contributed by atoms with Crippen LogP contribution in [0.4, 0.5) is 18.9 Å². The van der Waals surface area contributed by atoms with Gasteiger partial charge in [-0.05, 0) is 42.5 Å². The number of benzene rings is 1. The molecule has 0 aliphatic heterocycles. The van der Waals surface area contributed by atoms with Crippen LogP contribution in [0.5, 0.6) is 0 Å². The molecule has 10 heteroatoms. The van der Waals surface area contributed by atoms with E-state index >= 15 is 0 Å². The van der Waals surface area contributed by atoms with Crippen LogP contribution in [-0.2, 0) is 16.6 Å². The first-order valence-electron chi connectivity index (χ1n) is 6.38. The van der Waals surface area contributed by atoms with Crippen molar-refractivity contribution in [3.8, 4) is 0 Å². The SMILES string of the molecule is Cl.Nc1ccc2c(c1)CCCC2NS(=O)(=O)NCC(F)(F)F. The van der Waals surface area contributed by atoms with Crippen molar-refractivity contribution in [2.75, 3.05) is 12.3 Å². The summed E-state index contributed by atoms with van der Waals surface area (Å²) >= 11 is 0. The highest BCUT2D eigenvalue weighted by molar-refractivity contribution is 7.87. The van der Waals surface area contributed by atoms with E-state index in [2.05, 4.69) is 4.72 Å². The molecule has 22 heavy (non-hydrogen) atoms. The lowest BCUT2D eigenvalue weighted by Crippen LogP contribution is -2.43. The Labute approximate surface area is 133 Å². The van der Waals surface area contributed by atoms with E-state index in [4.69, 9.17) is 5.73 Å². The lowest BCUT2D eigenvalue weighted by Gasteiger charge is -2.26.